The van der Waals surface area contributed by atoms with Gasteiger partial charge in [0.2, 0.25) is 12.7 Å². The fraction of sp³-hybridized carbons (Fsp3) is 0.150. The van der Waals surface area contributed by atoms with Crippen LogP contribution < -0.4 is 25.4 Å². The molecule has 142 valence electrons. The molecule has 0 atom stereocenters. The van der Waals surface area contributed by atoms with Crippen LogP contribution in [0.25, 0.3) is 0 Å². The number of amides is 1. The molecule has 0 fully saturated rings. The second kappa shape index (κ2) is 7.43. The van der Waals surface area contributed by atoms with Gasteiger partial charge in [0, 0.05) is 36.1 Å². The standard InChI is InChI=1S/C20H19N5O3/c1-12-21-19(24-15-5-3-4-14(8-15)23-13(2)26)10-20(22-12)25-16-6-7-17-18(9-16)28-11-27-17/h3-10H,11H2,1-2H3,(H,23,26)(H2,21,22,24,25). The van der Waals surface area contributed by atoms with Crippen molar-refractivity contribution in [1.82, 2.24) is 9.97 Å². The second-order valence-corrected chi connectivity index (χ2v) is 6.27. The topological polar surface area (TPSA) is 97.4 Å². The van der Waals surface area contributed by atoms with Gasteiger partial charge in [0.15, 0.2) is 11.5 Å². The lowest BCUT2D eigenvalue weighted by Crippen LogP contribution is -2.06. The van der Waals surface area contributed by atoms with E-state index in [4.69, 9.17) is 9.47 Å². The summed E-state index contributed by atoms with van der Waals surface area (Å²) in [4.78, 5) is 20.1. The highest BCUT2D eigenvalue weighted by Crippen LogP contribution is 2.35. The predicted octanol–water partition coefficient (Wildman–Crippen LogP) is 3.96. The van der Waals surface area contributed by atoms with Gasteiger partial charge >= 0.3 is 0 Å². The molecule has 4 rings (SSSR count). The van der Waals surface area contributed by atoms with Gasteiger partial charge in [-0.15, -0.1) is 0 Å². The molecule has 1 aliphatic heterocycles. The van der Waals surface area contributed by atoms with Crippen molar-refractivity contribution < 1.29 is 14.3 Å². The first-order valence-corrected chi connectivity index (χ1v) is 8.72. The van der Waals surface area contributed by atoms with Crippen LogP contribution >= 0.6 is 0 Å². The molecule has 8 heteroatoms. The molecule has 28 heavy (non-hydrogen) atoms. The number of hydrogen-bond acceptors (Lipinski definition) is 7. The third-order valence-corrected chi connectivity index (χ3v) is 3.94. The van der Waals surface area contributed by atoms with Crippen molar-refractivity contribution in [2.24, 2.45) is 0 Å². The molecule has 3 N–H and O–H groups in total. The Labute approximate surface area is 161 Å². The molecule has 8 nitrogen and oxygen atoms in total. The Morgan fingerprint density at radius 1 is 0.893 bits per heavy atom. The fourth-order valence-electron chi connectivity index (χ4n) is 2.84. The molecule has 1 amide bonds. The van der Waals surface area contributed by atoms with Gasteiger partial charge in [-0.3, -0.25) is 4.79 Å². The first-order chi connectivity index (χ1) is 13.5. The highest BCUT2D eigenvalue weighted by atomic mass is 16.7. The molecule has 0 bridgehead atoms. The Bertz CT molecular complexity index is 1040. The number of hydrogen-bond donors (Lipinski definition) is 3. The molecule has 0 unspecified atom stereocenters. The molecule has 3 aromatic rings. The Hall–Kier alpha value is -3.81. The highest BCUT2D eigenvalue weighted by Gasteiger charge is 2.13. The number of anilines is 5. The molecule has 1 aliphatic rings. The smallest absolute Gasteiger partial charge is 0.231 e. The first-order valence-electron chi connectivity index (χ1n) is 8.72. The molecule has 0 saturated carbocycles. The quantitative estimate of drug-likeness (QED) is 0.619. The van der Waals surface area contributed by atoms with Gasteiger partial charge in [0.05, 0.1) is 0 Å². The number of carbonyl (C=O) groups excluding carboxylic acids is 1. The van der Waals surface area contributed by atoms with E-state index in [1.165, 1.54) is 6.92 Å². The minimum atomic E-state index is -0.120. The summed E-state index contributed by atoms with van der Waals surface area (Å²) >= 11 is 0. The lowest BCUT2D eigenvalue weighted by Gasteiger charge is -2.11. The minimum absolute atomic E-state index is 0.120. The molecular formula is C20H19N5O3. The van der Waals surface area contributed by atoms with Crippen LogP contribution in [0.2, 0.25) is 0 Å². The van der Waals surface area contributed by atoms with E-state index < -0.39 is 0 Å². The molecule has 0 saturated heterocycles. The lowest BCUT2D eigenvalue weighted by molar-refractivity contribution is -0.114. The van der Waals surface area contributed by atoms with Crippen molar-refractivity contribution in [3.05, 3.63) is 54.4 Å². The number of nitrogens with zero attached hydrogens (tertiary/aromatic N) is 2. The Balaban J connectivity index is 1.53. The average Bonchev–Trinajstić information content (AvgIpc) is 3.08. The summed E-state index contributed by atoms with van der Waals surface area (Å²) in [6.45, 7) is 3.53. The Morgan fingerprint density at radius 3 is 2.32 bits per heavy atom. The van der Waals surface area contributed by atoms with Crippen molar-refractivity contribution in [3.63, 3.8) is 0 Å². The number of fused-ring (bicyclic) bond motifs is 1. The molecule has 2 aromatic carbocycles. The third kappa shape index (κ3) is 4.12. The van der Waals surface area contributed by atoms with E-state index in [1.54, 1.807) is 0 Å². The predicted molar refractivity (Wildman–Crippen MR) is 107 cm³/mol. The number of rotatable bonds is 5. The number of carbonyl (C=O) groups is 1. The lowest BCUT2D eigenvalue weighted by atomic mass is 10.2. The first kappa shape index (κ1) is 17.6. The van der Waals surface area contributed by atoms with Crippen LogP contribution in [-0.2, 0) is 4.79 Å². The van der Waals surface area contributed by atoms with Crippen LogP contribution in [0.3, 0.4) is 0 Å². The molecule has 0 aliphatic carbocycles. The molecule has 0 radical (unpaired) electrons. The highest BCUT2D eigenvalue weighted by molar-refractivity contribution is 5.89. The van der Waals surface area contributed by atoms with Gasteiger partial charge in [-0.2, -0.15) is 0 Å². The largest absolute Gasteiger partial charge is 0.454 e. The maximum Gasteiger partial charge on any atom is 0.231 e. The average molecular weight is 377 g/mol. The third-order valence-electron chi connectivity index (χ3n) is 3.94. The number of aromatic nitrogens is 2. The van der Waals surface area contributed by atoms with Gasteiger partial charge in [0.1, 0.15) is 17.5 Å². The zero-order valence-electron chi connectivity index (χ0n) is 15.4. The maximum absolute atomic E-state index is 11.2. The van der Waals surface area contributed by atoms with Crippen LogP contribution in [0.1, 0.15) is 12.7 Å². The molecule has 2 heterocycles. The molecule has 0 spiro atoms. The Kier molecular flexibility index (Phi) is 4.67. The zero-order chi connectivity index (χ0) is 19.5. The van der Waals surface area contributed by atoms with Gasteiger partial charge < -0.3 is 25.4 Å². The summed E-state index contributed by atoms with van der Waals surface area (Å²) in [5.74, 6) is 3.20. The monoisotopic (exact) mass is 377 g/mol. The van der Waals surface area contributed by atoms with Gasteiger partial charge in [-0.05, 0) is 37.3 Å². The van der Waals surface area contributed by atoms with Crippen LogP contribution in [-0.4, -0.2) is 22.7 Å². The normalized spacial score (nSPS) is 11.8. The summed E-state index contributed by atoms with van der Waals surface area (Å²) in [5, 5.41) is 9.25. The van der Waals surface area contributed by atoms with Crippen LogP contribution in [0, 0.1) is 6.92 Å². The van der Waals surface area contributed by atoms with E-state index in [-0.39, 0.29) is 12.7 Å². The van der Waals surface area contributed by atoms with Gasteiger partial charge in [-0.1, -0.05) is 6.07 Å². The molecular weight excluding hydrogens is 358 g/mol. The SMILES string of the molecule is CC(=O)Nc1cccc(Nc2cc(Nc3ccc4c(c3)OCO4)nc(C)n2)c1. The summed E-state index contributed by atoms with van der Waals surface area (Å²) in [6, 6.07) is 14.8. The van der Waals surface area contributed by atoms with Crippen LogP contribution in [0.15, 0.2) is 48.5 Å². The van der Waals surface area contributed by atoms with Crippen LogP contribution in [0.4, 0.5) is 28.7 Å². The van der Waals surface area contributed by atoms with Gasteiger partial charge in [-0.25, -0.2) is 9.97 Å². The van der Waals surface area contributed by atoms with E-state index in [0.29, 0.717) is 28.9 Å². The summed E-state index contributed by atoms with van der Waals surface area (Å²) in [5.41, 5.74) is 2.35. The number of benzene rings is 2. The van der Waals surface area contributed by atoms with Crippen molar-refractivity contribution in [3.8, 4) is 11.5 Å². The van der Waals surface area contributed by atoms with Crippen molar-refractivity contribution >= 4 is 34.6 Å². The fourth-order valence-corrected chi connectivity index (χ4v) is 2.84. The zero-order valence-corrected chi connectivity index (χ0v) is 15.4. The van der Waals surface area contributed by atoms with Gasteiger partial charge in [0.25, 0.3) is 0 Å². The number of nitrogens with one attached hydrogen (secondary N) is 3. The second-order valence-electron chi connectivity index (χ2n) is 6.27. The summed E-state index contributed by atoms with van der Waals surface area (Å²) in [6.07, 6.45) is 0. The maximum atomic E-state index is 11.2. The summed E-state index contributed by atoms with van der Waals surface area (Å²) in [7, 11) is 0. The van der Waals surface area contributed by atoms with Crippen molar-refractivity contribution in [1.29, 1.82) is 0 Å². The van der Waals surface area contributed by atoms with Crippen molar-refractivity contribution in [2.45, 2.75) is 13.8 Å². The van der Waals surface area contributed by atoms with E-state index >= 15 is 0 Å². The van der Waals surface area contributed by atoms with Crippen LogP contribution in [0.5, 0.6) is 11.5 Å². The minimum Gasteiger partial charge on any atom is -0.454 e. The van der Waals surface area contributed by atoms with Crippen molar-refractivity contribution in [2.75, 3.05) is 22.7 Å². The number of ether oxygens (including phenoxy) is 2. The summed E-state index contributed by atoms with van der Waals surface area (Å²) < 4.78 is 10.7. The van der Waals surface area contributed by atoms with E-state index in [9.17, 15) is 4.79 Å². The van der Waals surface area contributed by atoms with E-state index in [1.807, 2.05) is 55.5 Å². The Morgan fingerprint density at radius 2 is 1.57 bits per heavy atom. The van der Waals surface area contributed by atoms with E-state index in [0.717, 1.165) is 17.1 Å². The number of aryl methyl sites for hydroxylation is 1. The van der Waals surface area contributed by atoms with E-state index in [2.05, 4.69) is 25.9 Å². The molecule has 1 aromatic heterocycles.